The fourth-order valence-corrected chi connectivity index (χ4v) is 6.09. The first-order valence-corrected chi connectivity index (χ1v) is 16.2. The highest BCUT2D eigenvalue weighted by Gasteiger charge is 2.28. The number of carbonyl (C=O) groups excluding carboxylic acids is 2. The van der Waals surface area contributed by atoms with Gasteiger partial charge >= 0.3 is 6.03 Å². The van der Waals surface area contributed by atoms with E-state index in [9.17, 15) is 18.8 Å². The van der Waals surface area contributed by atoms with Crippen molar-refractivity contribution in [3.8, 4) is 17.2 Å². The summed E-state index contributed by atoms with van der Waals surface area (Å²) < 4.78 is 36.1. The molecule has 0 spiro atoms. The van der Waals surface area contributed by atoms with E-state index in [1.54, 1.807) is 4.90 Å². The number of piperazine rings is 1. The van der Waals surface area contributed by atoms with E-state index in [2.05, 4.69) is 37.6 Å². The number of rotatable bonds is 7. The number of hydrogen-bond donors (Lipinski definition) is 2. The van der Waals surface area contributed by atoms with E-state index >= 15 is 4.39 Å². The number of amides is 3. The van der Waals surface area contributed by atoms with Crippen molar-refractivity contribution in [1.82, 2.24) is 29.5 Å². The number of urea groups is 1. The van der Waals surface area contributed by atoms with Gasteiger partial charge in [0.15, 0.2) is 17.3 Å². The van der Waals surface area contributed by atoms with Crippen molar-refractivity contribution in [2.45, 2.75) is 25.8 Å². The van der Waals surface area contributed by atoms with Crippen LogP contribution in [0.5, 0.6) is 11.5 Å². The van der Waals surface area contributed by atoms with Crippen LogP contribution in [0.4, 0.5) is 25.1 Å². The van der Waals surface area contributed by atoms with E-state index in [4.69, 9.17) is 16.3 Å². The number of likely N-dealkylation sites (N-methyl/N-ethyl adjacent to an activating group) is 1. The number of anilines is 2. The summed E-state index contributed by atoms with van der Waals surface area (Å²) in [6.07, 6.45) is 3.27. The Labute approximate surface area is 286 Å². The van der Waals surface area contributed by atoms with Gasteiger partial charge < -0.3 is 19.9 Å². The molecule has 2 N–H and O–H groups in total. The van der Waals surface area contributed by atoms with E-state index in [1.807, 2.05) is 0 Å². The third-order valence-electron chi connectivity index (χ3n) is 8.66. The molecule has 4 aromatic rings. The molecule has 2 saturated heterocycles. The number of pyridine rings is 1. The maximum atomic E-state index is 15.1. The van der Waals surface area contributed by atoms with E-state index in [0.717, 1.165) is 61.9 Å². The van der Waals surface area contributed by atoms with Crippen LogP contribution in [0.2, 0.25) is 5.02 Å². The van der Waals surface area contributed by atoms with Crippen LogP contribution in [-0.4, -0.2) is 93.8 Å². The van der Waals surface area contributed by atoms with Gasteiger partial charge in [-0.25, -0.2) is 18.6 Å². The lowest BCUT2D eigenvalue weighted by molar-refractivity contribution is 0.0765. The number of carbonyl (C=O) groups is 2. The zero-order valence-corrected chi connectivity index (χ0v) is 27.7. The Hall–Kier alpha value is -4.92. The summed E-state index contributed by atoms with van der Waals surface area (Å²) in [4.78, 5) is 49.5. The fraction of sp³-hybridized carbons (Fsp3) is 0.324. The van der Waals surface area contributed by atoms with E-state index in [-0.39, 0.29) is 51.0 Å². The van der Waals surface area contributed by atoms with Gasteiger partial charge in [0.2, 0.25) is 0 Å². The van der Waals surface area contributed by atoms with Crippen molar-refractivity contribution in [2.75, 3.05) is 56.9 Å². The van der Waals surface area contributed by atoms with Crippen LogP contribution in [-0.2, 0) is 0 Å². The van der Waals surface area contributed by atoms with Gasteiger partial charge in [0, 0.05) is 80.4 Å². The normalized spacial score (nSPS) is 16.0. The van der Waals surface area contributed by atoms with Crippen LogP contribution in [0.15, 0.2) is 65.6 Å². The highest BCUT2D eigenvalue weighted by molar-refractivity contribution is 6.30. The summed E-state index contributed by atoms with van der Waals surface area (Å²) in [5.74, 6) is -1.92. The van der Waals surface area contributed by atoms with Crippen molar-refractivity contribution in [3.05, 3.63) is 99.1 Å². The maximum Gasteiger partial charge on any atom is 0.323 e. The number of nitrogens with one attached hydrogen (secondary N) is 2. The summed E-state index contributed by atoms with van der Waals surface area (Å²) in [6, 6.07) is 11.8. The minimum Gasteiger partial charge on any atom is -0.454 e. The summed E-state index contributed by atoms with van der Waals surface area (Å²) in [7, 11) is 2.13. The Balaban J connectivity index is 1.07. The average Bonchev–Trinajstić information content (AvgIpc) is 3.08. The number of hydrogen-bond acceptors (Lipinski definition) is 8. The zero-order valence-electron chi connectivity index (χ0n) is 27.0. The van der Waals surface area contributed by atoms with Gasteiger partial charge in [-0.15, -0.1) is 0 Å². The predicted molar refractivity (Wildman–Crippen MR) is 181 cm³/mol. The lowest BCUT2D eigenvalue weighted by Gasteiger charge is -2.42. The molecule has 2 fully saturated rings. The van der Waals surface area contributed by atoms with Crippen molar-refractivity contribution in [2.24, 2.45) is 0 Å². The van der Waals surface area contributed by atoms with Crippen LogP contribution in [0.25, 0.3) is 5.69 Å². The summed E-state index contributed by atoms with van der Waals surface area (Å²) >= 11 is 5.96. The molecule has 0 aliphatic carbocycles. The molecule has 2 aliphatic rings. The summed E-state index contributed by atoms with van der Waals surface area (Å²) in [6.45, 7) is 7.01. The van der Waals surface area contributed by atoms with Gasteiger partial charge in [0.25, 0.3) is 11.5 Å². The van der Waals surface area contributed by atoms with E-state index < -0.39 is 23.1 Å². The van der Waals surface area contributed by atoms with Gasteiger partial charge in [-0.3, -0.25) is 19.8 Å². The topological polar surface area (TPSA) is 125 Å². The van der Waals surface area contributed by atoms with Crippen LogP contribution in [0, 0.1) is 18.6 Å². The largest absolute Gasteiger partial charge is 0.454 e. The predicted octanol–water partition coefficient (Wildman–Crippen LogP) is 5.16. The maximum absolute atomic E-state index is 15.1. The van der Waals surface area contributed by atoms with Gasteiger partial charge in [-0.2, -0.15) is 9.78 Å². The molecular weight excluding hydrogens is 658 g/mol. The Morgan fingerprint density at radius 3 is 2.41 bits per heavy atom. The second-order valence-electron chi connectivity index (χ2n) is 12.1. The van der Waals surface area contributed by atoms with E-state index in [1.165, 1.54) is 49.5 Å². The first-order chi connectivity index (χ1) is 23.5. The molecule has 256 valence electrons. The first kappa shape index (κ1) is 34.0. The van der Waals surface area contributed by atoms with Crippen molar-refractivity contribution < 1.29 is 23.1 Å². The van der Waals surface area contributed by atoms with Crippen LogP contribution in [0.1, 0.15) is 28.9 Å². The van der Waals surface area contributed by atoms with Gasteiger partial charge in [0.05, 0.1) is 0 Å². The highest BCUT2D eigenvalue weighted by atomic mass is 35.5. The lowest BCUT2D eigenvalue weighted by Crippen LogP contribution is -2.53. The van der Waals surface area contributed by atoms with Gasteiger partial charge in [-0.05, 0) is 68.8 Å². The standard InChI is InChI=1S/C34H35ClF2N8O4/c1-21-17-31(46)45(28-18-22(35)3-5-26(28)36)41-32(21)33(47)39-23-4-6-29(27(37)19-23)49-25-7-10-38-30(20-25)40-34(48)44-11-8-24(9-12-44)43-15-13-42(2)14-16-43/h3-7,10,17-20,24H,8-9,11-16H2,1-2H3,(H,39,47)(H,38,40,48). The van der Waals surface area contributed by atoms with Crippen molar-refractivity contribution >= 4 is 35.0 Å². The molecule has 0 saturated carbocycles. The molecule has 49 heavy (non-hydrogen) atoms. The summed E-state index contributed by atoms with van der Waals surface area (Å²) in [5.41, 5.74) is -0.744. The molecule has 0 radical (unpaired) electrons. The first-order valence-electron chi connectivity index (χ1n) is 15.8. The monoisotopic (exact) mass is 692 g/mol. The Bertz CT molecular complexity index is 1930. The van der Waals surface area contributed by atoms with Crippen molar-refractivity contribution in [3.63, 3.8) is 0 Å². The molecule has 2 aromatic heterocycles. The lowest BCUT2D eigenvalue weighted by atomic mass is 10.0. The third-order valence-corrected chi connectivity index (χ3v) is 8.90. The molecule has 0 atom stereocenters. The second kappa shape index (κ2) is 14.7. The number of aryl methyl sites for hydroxylation is 1. The fourth-order valence-electron chi connectivity index (χ4n) is 5.92. The molecule has 4 heterocycles. The molecular formula is C34H35ClF2N8O4. The number of piperidine rings is 1. The molecule has 2 aromatic carbocycles. The molecule has 0 bridgehead atoms. The number of ether oxygens (including phenoxy) is 1. The number of aromatic nitrogens is 3. The minimum absolute atomic E-state index is 0.0850. The van der Waals surface area contributed by atoms with Gasteiger partial charge in [0.1, 0.15) is 23.1 Å². The van der Waals surface area contributed by atoms with Crippen molar-refractivity contribution in [1.29, 1.82) is 0 Å². The molecule has 0 unspecified atom stereocenters. The van der Waals surface area contributed by atoms with E-state index in [0.29, 0.717) is 19.1 Å². The summed E-state index contributed by atoms with van der Waals surface area (Å²) in [5, 5.41) is 9.58. The number of nitrogens with zero attached hydrogens (tertiary/aromatic N) is 6. The SMILES string of the molecule is Cc1cc(=O)n(-c2cc(Cl)ccc2F)nc1C(=O)Nc1ccc(Oc2ccnc(NC(=O)N3CCC(N4CCN(C)CC4)CC3)c2)c(F)c1. The third kappa shape index (κ3) is 8.04. The molecule has 3 amide bonds. The highest BCUT2D eigenvalue weighted by Crippen LogP contribution is 2.28. The van der Waals surface area contributed by atoms with Crippen LogP contribution < -0.4 is 20.9 Å². The number of benzene rings is 2. The molecule has 15 heteroatoms. The average molecular weight is 693 g/mol. The van der Waals surface area contributed by atoms with Crippen LogP contribution >= 0.6 is 11.6 Å². The Morgan fingerprint density at radius 1 is 0.918 bits per heavy atom. The Morgan fingerprint density at radius 2 is 1.67 bits per heavy atom. The molecule has 12 nitrogen and oxygen atoms in total. The molecule has 6 rings (SSSR count). The van der Waals surface area contributed by atoms with Gasteiger partial charge in [-0.1, -0.05) is 11.6 Å². The van der Waals surface area contributed by atoms with Crippen LogP contribution in [0.3, 0.4) is 0 Å². The zero-order chi connectivity index (χ0) is 34.7. The number of likely N-dealkylation sites (tertiary alicyclic amines) is 1. The number of halogens is 3. The quantitative estimate of drug-likeness (QED) is 0.273. The second-order valence-corrected chi connectivity index (χ2v) is 12.5. The minimum atomic E-state index is -0.779. The Kier molecular flexibility index (Phi) is 10.2. The molecule has 2 aliphatic heterocycles. The smallest absolute Gasteiger partial charge is 0.323 e.